The van der Waals surface area contributed by atoms with Crippen LogP contribution in [-0.2, 0) is 16.0 Å². The Bertz CT molecular complexity index is 1270. The van der Waals surface area contributed by atoms with Gasteiger partial charge in [0.15, 0.2) is 5.11 Å². The summed E-state index contributed by atoms with van der Waals surface area (Å²) in [6.07, 6.45) is 0.212. The Hall–Kier alpha value is -3.98. The van der Waals surface area contributed by atoms with E-state index in [1.807, 2.05) is 6.92 Å². The van der Waals surface area contributed by atoms with Crippen LogP contribution in [0.3, 0.4) is 0 Å². The van der Waals surface area contributed by atoms with Crippen molar-refractivity contribution in [2.45, 2.75) is 25.8 Å². The third-order valence-electron chi connectivity index (χ3n) is 6.06. The van der Waals surface area contributed by atoms with Gasteiger partial charge in [-0.05, 0) is 85.7 Å². The number of ether oxygens (including phenoxy) is 2. The summed E-state index contributed by atoms with van der Waals surface area (Å²) >= 11 is 5.69. The largest absolute Gasteiger partial charge is 0.497 e. The Morgan fingerprint density at radius 3 is 2.35 bits per heavy atom. The number of halogens is 1. The van der Waals surface area contributed by atoms with E-state index in [2.05, 4.69) is 5.32 Å². The molecule has 1 heterocycles. The summed E-state index contributed by atoms with van der Waals surface area (Å²) < 4.78 is 24.9. The average Bonchev–Trinajstić information content (AvgIpc) is 3.13. The number of rotatable bonds is 10. The number of thiocarbonyl (C=S) groups is 1. The van der Waals surface area contributed by atoms with Crippen molar-refractivity contribution in [3.63, 3.8) is 0 Å². The minimum absolute atomic E-state index is 0.115. The minimum atomic E-state index is -0.830. The zero-order valence-corrected chi connectivity index (χ0v) is 21.5. The quantitative estimate of drug-likeness (QED) is 0.386. The molecule has 1 aliphatic rings. The number of anilines is 2. The van der Waals surface area contributed by atoms with E-state index in [0.29, 0.717) is 41.5 Å². The number of nitrogens with zero attached hydrogens (tertiary/aromatic N) is 2. The van der Waals surface area contributed by atoms with Crippen molar-refractivity contribution in [1.82, 2.24) is 4.90 Å². The second-order valence-electron chi connectivity index (χ2n) is 8.41. The summed E-state index contributed by atoms with van der Waals surface area (Å²) in [7, 11) is 1.56. The lowest BCUT2D eigenvalue weighted by atomic mass is 10.1. The van der Waals surface area contributed by atoms with Crippen LogP contribution in [0.15, 0.2) is 72.8 Å². The number of benzene rings is 3. The third kappa shape index (κ3) is 6.06. The first-order chi connectivity index (χ1) is 17.9. The van der Waals surface area contributed by atoms with Gasteiger partial charge in [0.1, 0.15) is 23.4 Å². The predicted octanol–water partition coefficient (Wildman–Crippen LogP) is 4.81. The first-order valence-electron chi connectivity index (χ1n) is 12.0. The van der Waals surface area contributed by atoms with Crippen molar-refractivity contribution in [2.75, 3.05) is 30.5 Å². The maximum atomic E-state index is 14.3. The molecule has 3 aromatic carbocycles. The van der Waals surface area contributed by atoms with Gasteiger partial charge in [-0.3, -0.25) is 14.5 Å². The topological polar surface area (TPSA) is 71.1 Å². The second-order valence-corrected chi connectivity index (χ2v) is 8.78. The van der Waals surface area contributed by atoms with Crippen LogP contribution in [0.2, 0.25) is 0 Å². The van der Waals surface area contributed by atoms with Gasteiger partial charge in [0.2, 0.25) is 5.91 Å². The van der Waals surface area contributed by atoms with Gasteiger partial charge >= 0.3 is 0 Å². The predicted molar refractivity (Wildman–Crippen MR) is 145 cm³/mol. The molecule has 9 heteroatoms. The van der Waals surface area contributed by atoms with Crippen LogP contribution in [0.1, 0.15) is 18.9 Å². The molecule has 0 bridgehead atoms. The zero-order chi connectivity index (χ0) is 26.4. The first kappa shape index (κ1) is 26.1. The fourth-order valence-electron chi connectivity index (χ4n) is 4.19. The number of carbonyl (C=O) groups excluding carboxylic acids is 2. The second kappa shape index (κ2) is 11.8. The van der Waals surface area contributed by atoms with Gasteiger partial charge in [-0.1, -0.05) is 18.2 Å². The van der Waals surface area contributed by atoms with E-state index in [1.165, 1.54) is 11.0 Å². The molecule has 7 nitrogen and oxygen atoms in total. The summed E-state index contributed by atoms with van der Waals surface area (Å²) in [6.45, 7) is 2.72. The molecule has 0 aromatic heterocycles. The highest BCUT2D eigenvalue weighted by molar-refractivity contribution is 7.80. The van der Waals surface area contributed by atoms with Crippen molar-refractivity contribution in [3.05, 3.63) is 84.2 Å². The van der Waals surface area contributed by atoms with Gasteiger partial charge in [0.25, 0.3) is 5.91 Å². The molecule has 3 aromatic rings. The van der Waals surface area contributed by atoms with Gasteiger partial charge in [-0.15, -0.1) is 0 Å². The lowest BCUT2D eigenvalue weighted by Crippen LogP contribution is -2.39. The summed E-state index contributed by atoms with van der Waals surface area (Å²) in [4.78, 5) is 29.7. The standard InChI is InChI=1S/C28H28FN3O4S/c1-3-36-23-12-8-20(9-13-23)30-26(33)18-25-27(34)32(21-10-14-22(35-2)15-11-21)28(37)31(25)17-16-19-6-4-5-7-24(19)29/h4-15,25H,3,16-18H2,1-2H3,(H,30,33)/t25-/m0/s1. The fourth-order valence-corrected chi connectivity index (χ4v) is 4.60. The van der Waals surface area contributed by atoms with Crippen LogP contribution >= 0.6 is 12.2 Å². The van der Waals surface area contributed by atoms with Crippen LogP contribution in [0, 0.1) is 5.82 Å². The molecule has 0 saturated carbocycles. The lowest BCUT2D eigenvalue weighted by Gasteiger charge is -2.24. The number of nitrogens with one attached hydrogen (secondary N) is 1. The highest BCUT2D eigenvalue weighted by Gasteiger charge is 2.44. The van der Waals surface area contributed by atoms with Crippen LogP contribution in [0.25, 0.3) is 0 Å². The zero-order valence-electron chi connectivity index (χ0n) is 20.6. The summed E-state index contributed by atoms with van der Waals surface area (Å²) in [5.74, 6) is 0.370. The van der Waals surface area contributed by atoms with Crippen molar-refractivity contribution >= 4 is 40.5 Å². The first-order valence-corrected chi connectivity index (χ1v) is 12.4. The number of carbonyl (C=O) groups is 2. The van der Waals surface area contributed by atoms with Gasteiger partial charge in [-0.2, -0.15) is 0 Å². The fraction of sp³-hybridized carbons (Fsp3) is 0.250. The van der Waals surface area contributed by atoms with E-state index in [9.17, 15) is 14.0 Å². The highest BCUT2D eigenvalue weighted by atomic mass is 32.1. The molecular formula is C28H28FN3O4S. The van der Waals surface area contributed by atoms with Crippen LogP contribution in [0.5, 0.6) is 11.5 Å². The maximum Gasteiger partial charge on any atom is 0.256 e. The molecule has 2 amide bonds. The van der Waals surface area contributed by atoms with E-state index in [-0.39, 0.29) is 35.7 Å². The minimum Gasteiger partial charge on any atom is -0.497 e. The lowest BCUT2D eigenvalue weighted by molar-refractivity contribution is -0.124. The van der Waals surface area contributed by atoms with Gasteiger partial charge in [-0.25, -0.2) is 4.39 Å². The SMILES string of the molecule is CCOc1ccc(NC(=O)C[C@H]2C(=O)N(c3ccc(OC)cc3)C(=S)N2CCc2ccccc2F)cc1. The van der Waals surface area contributed by atoms with Crippen molar-refractivity contribution in [2.24, 2.45) is 0 Å². The Kier molecular flexibility index (Phi) is 8.35. The van der Waals surface area contributed by atoms with Gasteiger partial charge in [0.05, 0.1) is 25.8 Å². The van der Waals surface area contributed by atoms with Crippen LogP contribution in [-0.4, -0.2) is 48.1 Å². The van der Waals surface area contributed by atoms with E-state index >= 15 is 0 Å². The number of amides is 2. The number of hydrogen-bond acceptors (Lipinski definition) is 5. The van der Waals surface area contributed by atoms with Crippen molar-refractivity contribution < 1.29 is 23.5 Å². The molecule has 1 atom stereocenters. The van der Waals surface area contributed by atoms with Crippen LogP contribution < -0.4 is 19.7 Å². The number of hydrogen-bond donors (Lipinski definition) is 1. The molecule has 192 valence electrons. The Morgan fingerprint density at radius 1 is 1.03 bits per heavy atom. The molecule has 1 saturated heterocycles. The summed E-state index contributed by atoms with van der Waals surface area (Å²) in [5.41, 5.74) is 1.67. The summed E-state index contributed by atoms with van der Waals surface area (Å²) in [6, 6.07) is 19.6. The molecule has 4 rings (SSSR count). The van der Waals surface area contributed by atoms with E-state index in [4.69, 9.17) is 21.7 Å². The molecule has 1 aliphatic heterocycles. The molecule has 0 spiro atoms. The Balaban J connectivity index is 1.54. The smallest absolute Gasteiger partial charge is 0.256 e. The molecule has 0 aliphatic carbocycles. The van der Waals surface area contributed by atoms with E-state index < -0.39 is 6.04 Å². The van der Waals surface area contributed by atoms with Gasteiger partial charge < -0.3 is 19.7 Å². The molecule has 1 fully saturated rings. The third-order valence-corrected chi connectivity index (χ3v) is 6.47. The van der Waals surface area contributed by atoms with Crippen molar-refractivity contribution in [3.8, 4) is 11.5 Å². The molecule has 0 unspecified atom stereocenters. The average molecular weight is 522 g/mol. The highest BCUT2D eigenvalue weighted by Crippen LogP contribution is 2.29. The molecular weight excluding hydrogens is 493 g/mol. The van der Waals surface area contributed by atoms with Crippen molar-refractivity contribution in [1.29, 1.82) is 0 Å². The molecule has 0 radical (unpaired) electrons. The monoisotopic (exact) mass is 521 g/mol. The Labute approximate surface area is 220 Å². The van der Waals surface area contributed by atoms with Crippen LogP contribution in [0.4, 0.5) is 15.8 Å². The number of methoxy groups -OCH3 is 1. The molecule has 1 N–H and O–H groups in total. The summed E-state index contributed by atoms with van der Waals surface area (Å²) in [5, 5.41) is 3.10. The van der Waals surface area contributed by atoms with E-state index in [0.717, 1.165) is 0 Å². The Morgan fingerprint density at radius 2 is 1.70 bits per heavy atom. The maximum absolute atomic E-state index is 14.3. The molecule has 37 heavy (non-hydrogen) atoms. The van der Waals surface area contributed by atoms with E-state index in [1.54, 1.807) is 78.7 Å². The normalized spacial score (nSPS) is 15.2. The van der Waals surface area contributed by atoms with Gasteiger partial charge in [0, 0.05) is 12.2 Å².